The maximum absolute atomic E-state index is 12.6. The molecular weight excluding hydrogens is 328 g/mol. The largest absolute Gasteiger partial charge is 0.357 e. The highest BCUT2D eigenvalue weighted by Gasteiger charge is 2.14. The third-order valence-corrected chi connectivity index (χ3v) is 4.69. The molecule has 26 heavy (non-hydrogen) atoms. The number of H-pyrrole nitrogens is 1. The number of aromatic amines is 1. The summed E-state index contributed by atoms with van der Waals surface area (Å²) in [6, 6.07) is 12.6. The Labute approximate surface area is 150 Å². The van der Waals surface area contributed by atoms with Crippen molar-refractivity contribution in [3.63, 3.8) is 0 Å². The van der Waals surface area contributed by atoms with Crippen LogP contribution in [0.1, 0.15) is 28.8 Å². The number of hydrogen-bond donors (Lipinski definition) is 2. The van der Waals surface area contributed by atoms with E-state index in [-0.39, 0.29) is 11.5 Å². The van der Waals surface area contributed by atoms with Gasteiger partial charge in [-0.15, -0.1) is 0 Å². The van der Waals surface area contributed by atoms with Crippen molar-refractivity contribution in [3.05, 3.63) is 70.1 Å². The summed E-state index contributed by atoms with van der Waals surface area (Å²) in [6.07, 6.45) is 4.22. The van der Waals surface area contributed by atoms with Crippen LogP contribution in [0, 0.1) is 0 Å². The fourth-order valence-corrected chi connectivity index (χ4v) is 3.32. The Balaban J connectivity index is 1.48. The molecular formula is C20H20N4O2. The Morgan fingerprint density at radius 2 is 1.96 bits per heavy atom. The molecule has 1 fully saturated rings. The lowest BCUT2D eigenvalue weighted by Gasteiger charge is -2.16. The molecule has 0 aliphatic carbocycles. The van der Waals surface area contributed by atoms with Crippen LogP contribution in [0.5, 0.6) is 0 Å². The first-order valence-electron chi connectivity index (χ1n) is 8.81. The van der Waals surface area contributed by atoms with Crippen molar-refractivity contribution in [3.8, 4) is 0 Å². The number of nitrogens with zero attached hydrogens (tertiary/aromatic N) is 2. The molecule has 0 spiro atoms. The Morgan fingerprint density at radius 3 is 2.73 bits per heavy atom. The van der Waals surface area contributed by atoms with Gasteiger partial charge >= 0.3 is 0 Å². The maximum atomic E-state index is 12.6. The molecule has 4 rings (SSSR count). The van der Waals surface area contributed by atoms with Gasteiger partial charge in [0.15, 0.2) is 0 Å². The quantitative estimate of drug-likeness (QED) is 0.759. The Morgan fingerprint density at radius 1 is 1.15 bits per heavy atom. The normalized spacial score (nSPS) is 13.9. The Bertz CT molecular complexity index is 989. The van der Waals surface area contributed by atoms with Crippen LogP contribution in [0.2, 0.25) is 0 Å². The molecule has 0 unspecified atom stereocenters. The topological polar surface area (TPSA) is 78.1 Å². The number of carbonyl (C=O) groups is 1. The highest BCUT2D eigenvalue weighted by Crippen LogP contribution is 2.18. The number of nitrogens with one attached hydrogen (secondary N) is 2. The van der Waals surface area contributed by atoms with Crippen molar-refractivity contribution in [2.75, 3.05) is 18.0 Å². The molecule has 1 aromatic carbocycles. The van der Waals surface area contributed by atoms with Crippen molar-refractivity contribution < 1.29 is 4.79 Å². The second kappa shape index (κ2) is 7.00. The Hall–Kier alpha value is -3.15. The molecule has 2 aromatic heterocycles. The Kier molecular flexibility index (Phi) is 4.39. The third-order valence-electron chi connectivity index (χ3n) is 4.69. The molecule has 6 nitrogen and oxygen atoms in total. The van der Waals surface area contributed by atoms with Crippen LogP contribution >= 0.6 is 0 Å². The molecule has 1 saturated heterocycles. The SMILES string of the molecule is O=C(NCc1ccc(N2CCCC2)nc1)c1cc(=O)[nH]c2ccccc12. The first-order valence-corrected chi connectivity index (χ1v) is 8.81. The molecule has 1 amide bonds. The molecule has 0 saturated carbocycles. The van der Waals surface area contributed by atoms with Gasteiger partial charge in [0, 0.05) is 42.8 Å². The lowest BCUT2D eigenvalue weighted by molar-refractivity contribution is 0.0952. The van der Waals surface area contributed by atoms with E-state index in [0.29, 0.717) is 17.6 Å². The number of fused-ring (bicyclic) bond motifs is 1. The number of pyridine rings is 2. The molecule has 2 N–H and O–H groups in total. The van der Waals surface area contributed by atoms with Crippen LogP contribution in [-0.2, 0) is 6.54 Å². The number of aromatic nitrogens is 2. The van der Waals surface area contributed by atoms with Crippen LogP contribution in [-0.4, -0.2) is 29.0 Å². The van der Waals surface area contributed by atoms with E-state index >= 15 is 0 Å². The van der Waals surface area contributed by atoms with E-state index in [0.717, 1.165) is 29.9 Å². The summed E-state index contributed by atoms with van der Waals surface area (Å²) in [5.74, 6) is 0.717. The van der Waals surface area contributed by atoms with Gasteiger partial charge in [-0.25, -0.2) is 4.98 Å². The molecule has 0 radical (unpaired) electrons. The third kappa shape index (κ3) is 3.31. The minimum atomic E-state index is -0.287. The van der Waals surface area contributed by atoms with Crippen LogP contribution in [0.3, 0.4) is 0 Å². The number of amides is 1. The summed E-state index contributed by atoms with van der Waals surface area (Å²) in [7, 11) is 0. The van der Waals surface area contributed by atoms with Gasteiger partial charge in [0.2, 0.25) is 5.56 Å². The van der Waals surface area contributed by atoms with Gasteiger partial charge in [-0.05, 0) is 30.5 Å². The fourth-order valence-electron chi connectivity index (χ4n) is 3.32. The monoisotopic (exact) mass is 348 g/mol. The predicted octanol–water partition coefficient (Wildman–Crippen LogP) is 2.45. The predicted molar refractivity (Wildman–Crippen MR) is 101 cm³/mol. The summed E-state index contributed by atoms with van der Waals surface area (Å²) in [5, 5.41) is 3.61. The van der Waals surface area contributed by atoms with Crippen LogP contribution < -0.4 is 15.8 Å². The van der Waals surface area contributed by atoms with Crippen molar-refractivity contribution in [2.24, 2.45) is 0 Å². The van der Waals surface area contributed by atoms with Gasteiger partial charge in [0.05, 0.1) is 5.56 Å². The minimum Gasteiger partial charge on any atom is -0.357 e. The molecule has 3 heterocycles. The number of hydrogen-bond acceptors (Lipinski definition) is 4. The lowest BCUT2D eigenvalue weighted by atomic mass is 10.1. The second-order valence-corrected chi connectivity index (χ2v) is 6.49. The highest BCUT2D eigenvalue weighted by molar-refractivity contribution is 6.05. The molecule has 1 aliphatic rings. The zero-order valence-corrected chi connectivity index (χ0v) is 14.4. The zero-order chi connectivity index (χ0) is 17.9. The fraction of sp³-hybridized carbons (Fsp3) is 0.250. The van der Waals surface area contributed by atoms with Gasteiger partial charge in [0.25, 0.3) is 5.91 Å². The van der Waals surface area contributed by atoms with Crippen molar-refractivity contribution in [2.45, 2.75) is 19.4 Å². The molecule has 132 valence electrons. The van der Waals surface area contributed by atoms with E-state index < -0.39 is 0 Å². The molecule has 6 heteroatoms. The molecule has 3 aromatic rings. The summed E-state index contributed by atoms with van der Waals surface area (Å²) >= 11 is 0. The first-order chi connectivity index (χ1) is 12.7. The second-order valence-electron chi connectivity index (χ2n) is 6.49. The molecule has 1 aliphatic heterocycles. The lowest BCUT2D eigenvalue weighted by Crippen LogP contribution is -2.25. The van der Waals surface area contributed by atoms with Gasteiger partial charge in [-0.2, -0.15) is 0 Å². The average Bonchev–Trinajstić information content (AvgIpc) is 3.20. The summed E-state index contributed by atoms with van der Waals surface area (Å²) in [4.78, 5) is 33.9. The van der Waals surface area contributed by atoms with Gasteiger partial charge < -0.3 is 15.2 Å². The zero-order valence-electron chi connectivity index (χ0n) is 14.4. The van der Waals surface area contributed by atoms with E-state index in [1.54, 1.807) is 12.3 Å². The smallest absolute Gasteiger partial charge is 0.252 e. The number of para-hydroxylation sites is 1. The molecule has 0 atom stereocenters. The van der Waals surface area contributed by atoms with Gasteiger partial charge in [-0.3, -0.25) is 9.59 Å². The maximum Gasteiger partial charge on any atom is 0.252 e. The number of anilines is 1. The summed E-state index contributed by atoms with van der Waals surface area (Å²) in [6.45, 7) is 2.48. The number of carbonyl (C=O) groups excluding carboxylic acids is 1. The average molecular weight is 348 g/mol. The first kappa shape index (κ1) is 16.3. The van der Waals surface area contributed by atoms with Crippen LogP contribution in [0.15, 0.2) is 53.5 Å². The van der Waals surface area contributed by atoms with E-state index in [4.69, 9.17) is 0 Å². The van der Waals surface area contributed by atoms with Crippen molar-refractivity contribution in [1.82, 2.24) is 15.3 Å². The van der Waals surface area contributed by atoms with Gasteiger partial charge in [0.1, 0.15) is 5.82 Å². The summed E-state index contributed by atoms with van der Waals surface area (Å²) < 4.78 is 0. The van der Waals surface area contributed by atoms with E-state index in [2.05, 4.69) is 20.2 Å². The molecule has 0 bridgehead atoms. The van der Waals surface area contributed by atoms with Crippen molar-refractivity contribution >= 4 is 22.6 Å². The number of benzene rings is 1. The van der Waals surface area contributed by atoms with Gasteiger partial charge in [-0.1, -0.05) is 24.3 Å². The number of rotatable bonds is 4. The van der Waals surface area contributed by atoms with Crippen LogP contribution in [0.4, 0.5) is 5.82 Å². The minimum absolute atomic E-state index is 0.268. The van der Waals surface area contributed by atoms with E-state index in [9.17, 15) is 9.59 Å². The van der Waals surface area contributed by atoms with E-state index in [1.165, 1.54) is 18.9 Å². The van der Waals surface area contributed by atoms with Crippen LogP contribution in [0.25, 0.3) is 10.9 Å². The standard InChI is InChI=1S/C20H20N4O2/c25-19-11-16(15-5-1-2-6-17(15)23-19)20(26)22-13-14-7-8-18(21-12-14)24-9-3-4-10-24/h1-2,5-8,11-12H,3-4,9-10,13H2,(H,22,26)(H,23,25). The highest BCUT2D eigenvalue weighted by atomic mass is 16.2. The van der Waals surface area contributed by atoms with Crippen molar-refractivity contribution in [1.29, 1.82) is 0 Å². The van der Waals surface area contributed by atoms with E-state index in [1.807, 2.05) is 30.3 Å². The summed E-state index contributed by atoms with van der Waals surface area (Å²) in [5.41, 5.74) is 1.67.